The molecule has 26 heavy (non-hydrogen) atoms. The number of sulfone groups is 2. The Labute approximate surface area is 156 Å². The Bertz CT molecular complexity index is 699. The fourth-order valence-electron chi connectivity index (χ4n) is 1.96. The molecular formula is C16H28N2O6S2. The zero-order valence-corrected chi connectivity index (χ0v) is 17.3. The molecule has 0 fully saturated rings. The minimum atomic E-state index is -3.42. The van der Waals surface area contributed by atoms with Gasteiger partial charge < -0.3 is 10.6 Å². The number of amides is 2. The second-order valence-corrected chi connectivity index (χ2v) is 9.98. The summed E-state index contributed by atoms with van der Waals surface area (Å²) in [6.45, 7) is 6.47. The van der Waals surface area contributed by atoms with Crippen LogP contribution in [0, 0.1) is 0 Å². The van der Waals surface area contributed by atoms with Crippen molar-refractivity contribution in [1.29, 1.82) is 0 Å². The third-order valence-corrected chi connectivity index (χ3v) is 7.49. The monoisotopic (exact) mass is 408 g/mol. The molecule has 0 aromatic carbocycles. The molecule has 0 aromatic rings. The molecule has 10 heteroatoms. The number of hydrogen-bond acceptors (Lipinski definition) is 6. The normalized spacial score (nSPS) is 13.4. The average molecular weight is 409 g/mol. The lowest BCUT2D eigenvalue weighted by atomic mass is 10.4. The Kier molecular flexibility index (Phi) is 10.4. The van der Waals surface area contributed by atoms with Crippen molar-refractivity contribution < 1.29 is 26.4 Å². The Hall–Kier alpha value is -1.68. The third-order valence-electron chi connectivity index (χ3n) is 3.56. The van der Waals surface area contributed by atoms with Gasteiger partial charge in [0.15, 0.2) is 19.7 Å². The van der Waals surface area contributed by atoms with Crippen LogP contribution in [0.15, 0.2) is 22.0 Å². The van der Waals surface area contributed by atoms with Gasteiger partial charge >= 0.3 is 0 Å². The number of nitrogens with one attached hydrogen (secondary N) is 2. The van der Waals surface area contributed by atoms with E-state index in [1.165, 1.54) is 13.8 Å². The first-order valence-corrected chi connectivity index (χ1v) is 11.8. The maximum atomic E-state index is 11.8. The smallest absolute Gasteiger partial charge is 0.245 e. The van der Waals surface area contributed by atoms with E-state index in [0.717, 1.165) is 12.2 Å². The van der Waals surface area contributed by atoms with Crippen molar-refractivity contribution in [2.75, 3.05) is 24.6 Å². The predicted octanol–water partition coefficient (Wildman–Crippen LogP) is 0.676. The molecule has 0 atom stereocenters. The van der Waals surface area contributed by atoms with Gasteiger partial charge in [-0.1, -0.05) is 27.7 Å². The number of carbonyl (C=O) groups is 2. The average Bonchev–Trinajstić information content (AvgIpc) is 2.60. The quantitative estimate of drug-likeness (QED) is 0.382. The van der Waals surface area contributed by atoms with E-state index in [2.05, 4.69) is 10.6 Å². The van der Waals surface area contributed by atoms with Crippen molar-refractivity contribution in [1.82, 2.24) is 10.6 Å². The Morgan fingerprint density at radius 1 is 0.692 bits per heavy atom. The molecule has 0 bridgehead atoms. The van der Waals surface area contributed by atoms with Gasteiger partial charge in [-0.05, 0) is 12.8 Å². The highest BCUT2D eigenvalue weighted by Crippen LogP contribution is 2.12. The first kappa shape index (κ1) is 24.3. The number of hydrogen-bond donors (Lipinski definition) is 2. The molecule has 0 saturated carbocycles. The van der Waals surface area contributed by atoms with Gasteiger partial charge in [-0.15, -0.1) is 0 Å². The zero-order valence-electron chi connectivity index (χ0n) is 15.7. The van der Waals surface area contributed by atoms with Gasteiger partial charge in [0, 0.05) is 35.1 Å². The molecule has 0 aliphatic heterocycles. The van der Waals surface area contributed by atoms with Crippen LogP contribution in [-0.4, -0.2) is 53.2 Å². The largest absolute Gasteiger partial charge is 0.351 e. The summed E-state index contributed by atoms with van der Waals surface area (Å²) in [4.78, 5) is 23.6. The predicted molar refractivity (Wildman–Crippen MR) is 102 cm³/mol. The third kappa shape index (κ3) is 8.13. The molecule has 2 N–H and O–H groups in total. The highest BCUT2D eigenvalue weighted by Gasteiger charge is 2.16. The number of allylic oxidation sites excluding steroid dienone is 2. The molecule has 0 aliphatic carbocycles. The fraction of sp³-hybridized carbons (Fsp3) is 0.625. The van der Waals surface area contributed by atoms with Crippen LogP contribution in [0.3, 0.4) is 0 Å². The van der Waals surface area contributed by atoms with Crippen LogP contribution in [0.25, 0.3) is 0 Å². The van der Waals surface area contributed by atoms with Crippen molar-refractivity contribution in [3.8, 4) is 0 Å². The van der Waals surface area contributed by atoms with Crippen LogP contribution in [0.5, 0.6) is 0 Å². The van der Waals surface area contributed by atoms with Crippen molar-refractivity contribution in [2.24, 2.45) is 0 Å². The van der Waals surface area contributed by atoms with Gasteiger partial charge in [0.05, 0.1) is 11.5 Å². The number of rotatable bonds is 11. The molecule has 0 unspecified atom stereocenters. The summed E-state index contributed by atoms with van der Waals surface area (Å²) in [5.41, 5.74) is 0. The molecule has 0 aromatic heterocycles. The molecule has 2 amide bonds. The molecule has 8 nitrogen and oxygen atoms in total. The molecule has 0 radical (unpaired) electrons. The van der Waals surface area contributed by atoms with Gasteiger partial charge in [-0.25, -0.2) is 16.8 Å². The van der Waals surface area contributed by atoms with Crippen LogP contribution in [0.4, 0.5) is 0 Å². The van der Waals surface area contributed by atoms with Crippen LogP contribution < -0.4 is 10.6 Å². The van der Waals surface area contributed by atoms with E-state index in [9.17, 15) is 26.4 Å². The molecule has 0 spiro atoms. The first-order chi connectivity index (χ1) is 12.0. The van der Waals surface area contributed by atoms with Gasteiger partial charge in [0.1, 0.15) is 0 Å². The van der Waals surface area contributed by atoms with E-state index >= 15 is 0 Å². The van der Waals surface area contributed by atoms with Gasteiger partial charge in [0.25, 0.3) is 0 Å². The minimum absolute atomic E-state index is 0.0572. The molecule has 0 heterocycles. The zero-order chi connectivity index (χ0) is 20.4. The van der Waals surface area contributed by atoms with Crippen LogP contribution >= 0.6 is 0 Å². The van der Waals surface area contributed by atoms with Crippen LogP contribution in [0.1, 0.15) is 40.5 Å². The first-order valence-electron chi connectivity index (χ1n) is 8.46. The summed E-state index contributed by atoms with van der Waals surface area (Å²) in [7, 11) is -6.83. The molecule has 150 valence electrons. The van der Waals surface area contributed by atoms with E-state index in [4.69, 9.17) is 0 Å². The minimum Gasteiger partial charge on any atom is -0.351 e. The lowest BCUT2D eigenvalue weighted by Crippen LogP contribution is -2.33. The second kappa shape index (κ2) is 11.1. The molecule has 0 rings (SSSR count). The van der Waals surface area contributed by atoms with Crippen LogP contribution in [-0.2, 0) is 29.3 Å². The van der Waals surface area contributed by atoms with E-state index in [0.29, 0.717) is 0 Å². The highest BCUT2D eigenvalue weighted by molar-refractivity contribution is 7.95. The second-order valence-electron chi connectivity index (χ2n) is 5.32. The van der Waals surface area contributed by atoms with Crippen LogP contribution in [0.2, 0.25) is 0 Å². The Morgan fingerprint density at radius 3 is 1.23 bits per heavy atom. The van der Waals surface area contributed by atoms with E-state index < -0.39 is 31.5 Å². The lowest BCUT2D eigenvalue weighted by molar-refractivity contribution is -0.118. The van der Waals surface area contributed by atoms with E-state index in [1.807, 2.05) is 0 Å². The van der Waals surface area contributed by atoms with Gasteiger partial charge in [0.2, 0.25) is 11.8 Å². The summed E-state index contributed by atoms with van der Waals surface area (Å²) in [5, 5.41) is 4.95. The fourth-order valence-corrected chi connectivity index (χ4v) is 4.15. The molecule has 0 saturated heterocycles. The maximum Gasteiger partial charge on any atom is 0.245 e. The SMILES string of the molecule is CCC(=CC(=O)NCCNC(=O)C=C(CC)S(=O)(=O)CC)S(=O)(=O)CC. The van der Waals surface area contributed by atoms with Crippen molar-refractivity contribution in [2.45, 2.75) is 40.5 Å². The lowest BCUT2D eigenvalue weighted by Gasteiger charge is -2.07. The van der Waals surface area contributed by atoms with Crippen molar-refractivity contribution in [3.63, 3.8) is 0 Å². The highest BCUT2D eigenvalue weighted by atomic mass is 32.2. The Morgan fingerprint density at radius 2 is 1.00 bits per heavy atom. The summed E-state index contributed by atoms with van der Waals surface area (Å²) >= 11 is 0. The van der Waals surface area contributed by atoms with Gasteiger partial charge in [-0.2, -0.15) is 0 Å². The summed E-state index contributed by atoms with van der Waals surface area (Å²) < 4.78 is 47.0. The molecule has 0 aliphatic rings. The maximum absolute atomic E-state index is 11.8. The topological polar surface area (TPSA) is 126 Å². The summed E-state index contributed by atoms with van der Waals surface area (Å²) in [6, 6.07) is 0. The summed E-state index contributed by atoms with van der Waals surface area (Å²) in [6.07, 6.45) is 2.53. The molecular weight excluding hydrogens is 380 g/mol. The van der Waals surface area contributed by atoms with Gasteiger partial charge in [-0.3, -0.25) is 9.59 Å². The number of carbonyl (C=O) groups excluding carboxylic acids is 2. The van der Waals surface area contributed by atoms with Crippen molar-refractivity contribution >= 4 is 31.5 Å². The summed E-state index contributed by atoms with van der Waals surface area (Å²) in [5.74, 6) is -1.29. The van der Waals surface area contributed by atoms with E-state index in [1.54, 1.807) is 13.8 Å². The Balaban J connectivity index is 4.63. The standard InChI is InChI=1S/C16H28N2O6S2/c1-5-13(25(21,22)7-3)11-15(19)17-9-10-18-16(20)12-14(6-2)26(23,24)8-4/h11-12H,5-10H2,1-4H3,(H,17,19)(H,18,20). The van der Waals surface area contributed by atoms with E-state index in [-0.39, 0.29) is 47.2 Å². The van der Waals surface area contributed by atoms with Crippen molar-refractivity contribution in [3.05, 3.63) is 22.0 Å².